The molecule has 19 heavy (non-hydrogen) atoms. The molecule has 1 fully saturated rings. The lowest BCUT2D eigenvalue weighted by molar-refractivity contribution is 0.0568. The van der Waals surface area contributed by atoms with Crippen molar-refractivity contribution in [1.29, 1.82) is 0 Å². The summed E-state index contributed by atoms with van der Waals surface area (Å²) in [5.74, 6) is 0.112. The van der Waals surface area contributed by atoms with E-state index >= 15 is 0 Å². The number of aryl methyl sites for hydroxylation is 2. The number of benzene rings is 1. The lowest BCUT2D eigenvalue weighted by Gasteiger charge is -2.43. The van der Waals surface area contributed by atoms with E-state index in [1.54, 1.807) is 0 Å². The maximum Gasteiger partial charge on any atom is 0.253 e. The second-order valence-electron chi connectivity index (χ2n) is 6.04. The van der Waals surface area contributed by atoms with Crippen LogP contribution in [0.2, 0.25) is 0 Å². The van der Waals surface area contributed by atoms with Gasteiger partial charge >= 0.3 is 0 Å². The Labute approximate surface area is 115 Å². The van der Waals surface area contributed by atoms with E-state index in [-0.39, 0.29) is 11.3 Å². The molecule has 2 N–H and O–H groups in total. The average molecular weight is 260 g/mol. The molecule has 0 bridgehead atoms. The third-order valence-corrected chi connectivity index (χ3v) is 4.39. The third-order valence-electron chi connectivity index (χ3n) is 4.39. The third kappa shape index (κ3) is 2.81. The molecular weight excluding hydrogens is 236 g/mol. The van der Waals surface area contributed by atoms with E-state index in [0.29, 0.717) is 6.54 Å². The fourth-order valence-corrected chi connectivity index (χ4v) is 2.85. The van der Waals surface area contributed by atoms with Crippen LogP contribution in [0, 0.1) is 19.3 Å². The number of rotatable bonds is 4. The maximum absolute atomic E-state index is 12.5. The quantitative estimate of drug-likeness (QED) is 0.904. The van der Waals surface area contributed by atoms with Crippen LogP contribution in [0.5, 0.6) is 0 Å². The summed E-state index contributed by atoms with van der Waals surface area (Å²) in [5.41, 5.74) is 9.02. The van der Waals surface area contributed by atoms with Crippen LogP contribution < -0.4 is 5.73 Å². The highest BCUT2D eigenvalue weighted by atomic mass is 16.2. The lowest BCUT2D eigenvalue weighted by Crippen LogP contribution is -2.47. The zero-order chi connectivity index (χ0) is 14.0. The van der Waals surface area contributed by atoms with Crippen molar-refractivity contribution in [3.05, 3.63) is 34.9 Å². The second kappa shape index (κ2) is 5.33. The SMILES string of the molecule is Cc1ccc(C)c(C(=O)N(C)CC2(CN)CCC2)c1. The molecule has 1 aliphatic carbocycles. The van der Waals surface area contributed by atoms with Gasteiger partial charge in [0.2, 0.25) is 0 Å². The number of nitrogens with two attached hydrogens (primary N) is 1. The number of hydrogen-bond acceptors (Lipinski definition) is 2. The maximum atomic E-state index is 12.5. The Morgan fingerprint density at radius 2 is 2.05 bits per heavy atom. The fraction of sp³-hybridized carbons (Fsp3) is 0.562. The second-order valence-corrected chi connectivity index (χ2v) is 6.04. The van der Waals surface area contributed by atoms with Crippen LogP contribution >= 0.6 is 0 Å². The van der Waals surface area contributed by atoms with Gasteiger partial charge in [-0.2, -0.15) is 0 Å². The summed E-state index contributed by atoms with van der Waals surface area (Å²) >= 11 is 0. The predicted octanol–water partition coefficient (Wildman–Crippen LogP) is 2.50. The van der Waals surface area contributed by atoms with Crippen LogP contribution in [0.1, 0.15) is 40.7 Å². The zero-order valence-electron chi connectivity index (χ0n) is 12.2. The summed E-state index contributed by atoms with van der Waals surface area (Å²) in [6.07, 6.45) is 3.53. The molecule has 0 radical (unpaired) electrons. The Bertz CT molecular complexity index is 472. The molecule has 3 heteroatoms. The van der Waals surface area contributed by atoms with Crippen LogP contribution in [0.25, 0.3) is 0 Å². The Morgan fingerprint density at radius 3 is 2.58 bits per heavy atom. The minimum Gasteiger partial charge on any atom is -0.341 e. The summed E-state index contributed by atoms with van der Waals surface area (Å²) < 4.78 is 0. The molecule has 3 nitrogen and oxygen atoms in total. The highest BCUT2D eigenvalue weighted by molar-refractivity contribution is 5.95. The van der Waals surface area contributed by atoms with Gasteiger partial charge in [-0.05, 0) is 44.9 Å². The molecular formula is C16H24N2O. The molecule has 1 aromatic rings. The summed E-state index contributed by atoms with van der Waals surface area (Å²) in [4.78, 5) is 14.4. The fourth-order valence-electron chi connectivity index (χ4n) is 2.85. The standard InChI is InChI=1S/C16H24N2O/c1-12-5-6-13(2)14(9-12)15(19)18(3)11-16(10-17)7-4-8-16/h5-6,9H,4,7-8,10-11,17H2,1-3H3. The number of carbonyl (C=O) groups excluding carboxylic acids is 1. The van der Waals surface area contributed by atoms with Crippen molar-refractivity contribution in [3.63, 3.8) is 0 Å². The van der Waals surface area contributed by atoms with E-state index in [2.05, 4.69) is 0 Å². The van der Waals surface area contributed by atoms with Crippen molar-refractivity contribution in [3.8, 4) is 0 Å². The molecule has 0 atom stereocenters. The van der Waals surface area contributed by atoms with Crippen LogP contribution in [-0.4, -0.2) is 30.9 Å². The average Bonchev–Trinajstić information content (AvgIpc) is 2.35. The predicted molar refractivity (Wildman–Crippen MR) is 78.2 cm³/mol. The van der Waals surface area contributed by atoms with Crippen molar-refractivity contribution in [2.75, 3.05) is 20.1 Å². The number of nitrogens with zero attached hydrogens (tertiary/aromatic N) is 1. The van der Waals surface area contributed by atoms with Crippen molar-refractivity contribution in [1.82, 2.24) is 4.90 Å². The number of amides is 1. The van der Waals surface area contributed by atoms with Crippen molar-refractivity contribution < 1.29 is 4.79 Å². The number of hydrogen-bond donors (Lipinski definition) is 1. The van der Waals surface area contributed by atoms with Gasteiger partial charge in [0.05, 0.1) is 0 Å². The lowest BCUT2D eigenvalue weighted by atomic mass is 9.68. The first-order valence-electron chi connectivity index (χ1n) is 7.00. The first-order valence-corrected chi connectivity index (χ1v) is 7.00. The molecule has 0 aromatic heterocycles. The summed E-state index contributed by atoms with van der Waals surface area (Å²) in [6.45, 7) is 5.46. The van der Waals surface area contributed by atoms with Crippen LogP contribution in [-0.2, 0) is 0 Å². The van der Waals surface area contributed by atoms with E-state index in [4.69, 9.17) is 5.73 Å². The first-order chi connectivity index (χ1) is 8.97. The minimum absolute atomic E-state index is 0.112. The molecule has 0 spiro atoms. The van der Waals surface area contributed by atoms with Crippen molar-refractivity contribution >= 4 is 5.91 Å². The molecule has 1 aliphatic rings. The van der Waals surface area contributed by atoms with Crippen LogP contribution in [0.3, 0.4) is 0 Å². The summed E-state index contributed by atoms with van der Waals surface area (Å²) in [5, 5.41) is 0. The van der Waals surface area contributed by atoms with E-state index in [0.717, 1.165) is 36.1 Å². The van der Waals surface area contributed by atoms with Gasteiger partial charge in [-0.25, -0.2) is 0 Å². The number of carbonyl (C=O) groups is 1. The summed E-state index contributed by atoms with van der Waals surface area (Å²) in [6, 6.07) is 6.03. The highest BCUT2D eigenvalue weighted by Crippen LogP contribution is 2.40. The van der Waals surface area contributed by atoms with Gasteiger partial charge in [0, 0.05) is 24.6 Å². The molecule has 0 saturated heterocycles. The van der Waals surface area contributed by atoms with Gasteiger partial charge in [0.1, 0.15) is 0 Å². The molecule has 0 heterocycles. The van der Waals surface area contributed by atoms with Gasteiger partial charge in [-0.15, -0.1) is 0 Å². The summed E-state index contributed by atoms with van der Waals surface area (Å²) in [7, 11) is 1.89. The Kier molecular flexibility index (Phi) is 3.95. The molecule has 0 unspecified atom stereocenters. The monoisotopic (exact) mass is 260 g/mol. The highest BCUT2D eigenvalue weighted by Gasteiger charge is 2.37. The largest absolute Gasteiger partial charge is 0.341 e. The minimum atomic E-state index is 0.112. The van der Waals surface area contributed by atoms with E-state index < -0.39 is 0 Å². The zero-order valence-corrected chi connectivity index (χ0v) is 12.2. The molecule has 0 aliphatic heterocycles. The van der Waals surface area contributed by atoms with Crippen molar-refractivity contribution in [2.24, 2.45) is 11.1 Å². The molecule has 1 amide bonds. The molecule has 1 saturated carbocycles. The van der Waals surface area contributed by atoms with E-state index in [1.807, 2.05) is 44.0 Å². The Hall–Kier alpha value is -1.35. The Morgan fingerprint density at radius 1 is 1.37 bits per heavy atom. The smallest absolute Gasteiger partial charge is 0.253 e. The van der Waals surface area contributed by atoms with Gasteiger partial charge in [-0.1, -0.05) is 24.1 Å². The van der Waals surface area contributed by atoms with Crippen LogP contribution in [0.15, 0.2) is 18.2 Å². The van der Waals surface area contributed by atoms with Gasteiger partial charge in [0.15, 0.2) is 0 Å². The van der Waals surface area contributed by atoms with Gasteiger partial charge in [-0.3, -0.25) is 4.79 Å². The van der Waals surface area contributed by atoms with E-state index in [1.165, 1.54) is 6.42 Å². The molecule has 1 aromatic carbocycles. The van der Waals surface area contributed by atoms with Crippen LogP contribution in [0.4, 0.5) is 0 Å². The molecule has 104 valence electrons. The van der Waals surface area contributed by atoms with Gasteiger partial charge < -0.3 is 10.6 Å². The van der Waals surface area contributed by atoms with Crippen molar-refractivity contribution in [2.45, 2.75) is 33.1 Å². The normalized spacial score (nSPS) is 16.8. The topological polar surface area (TPSA) is 46.3 Å². The van der Waals surface area contributed by atoms with Gasteiger partial charge in [0.25, 0.3) is 5.91 Å². The Balaban J connectivity index is 2.12. The first kappa shape index (κ1) is 14.1. The molecule has 2 rings (SSSR count). The van der Waals surface area contributed by atoms with E-state index in [9.17, 15) is 4.79 Å².